The fourth-order valence-electron chi connectivity index (χ4n) is 3.84. The summed E-state index contributed by atoms with van der Waals surface area (Å²) in [5.41, 5.74) is 2.89. The molecule has 1 N–H and O–H groups in total. The van der Waals surface area contributed by atoms with Crippen molar-refractivity contribution in [2.75, 3.05) is 13.1 Å². The molecule has 0 unspecified atom stereocenters. The highest BCUT2D eigenvalue weighted by Gasteiger charge is 2.34. The number of aliphatic hydroxyl groups is 1. The lowest BCUT2D eigenvalue weighted by Gasteiger charge is -2.38. The van der Waals surface area contributed by atoms with Gasteiger partial charge in [0.1, 0.15) is 0 Å². The second kappa shape index (κ2) is 8.05. The highest BCUT2D eigenvalue weighted by molar-refractivity contribution is 5.77. The van der Waals surface area contributed by atoms with E-state index in [-0.39, 0.29) is 11.8 Å². The molecule has 2 aromatic carbocycles. The number of piperidine rings is 1. The molecule has 1 aliphatic rings. The molecule has 3 nitrogen and oxygen atoms in total. The van der Waals surface area contributed by atoms with Gasteiger partial charge in [0, 0.05) is 25.9 Å². The van der Waals surface area contributed by atoms with Crippen molar-refractivity contribution in [2.24, 2.45) is 0 Å². The molecule has 0 aromatic heterocycles. The molecule has 138 valence electrons. The van der Waals surface area contributed by atoms with Crippen molar-refractivity contribution in [2.45, 2.75) is 51.0 Å². The number of likely N-dealkylation sites (tertiary alicyclic amines) is 1. The van der Waals surface area contributed by atoms with Crippen molar-refractivity contribution >= 4 is 5.91 Å². The van der Waals surface area contributed by atoms with Crippen LogP contribution in [0.3, 0.4) is 0 Å². The molecule has 0 radical (unpaired) electrons. The Hall–Kier alpha value is -2.13. The van der Waals surface area contributed by atoms with E-state index in [1.807, 2.05) is 29.2 Å². The molecule has 1 saturated heterocycles. The lowest BCUT2D eigenvalue weighted by molar-refractivity contribution is -0.135. The zero-order valence-corrected chi connectivity index (χ0v) is 15.8. The summed E-state index contributed by atoms with van der Waals surface area (Å²) in [4.78, 5) is 14.6. The molecule has 0 spiro atoms. The van der Waals surface area contributed by atoms with Crippen LogP contribution < -0.4 is 0 Å². The summed E-state index contributed by atoms with van der Waals surface area (Å²) in [6, 6.07) is 18.5. The quantitative estimate of drug-likeness (QED) is 0.881. The predicted octanol–water partition coefficient (Wildman–Crippen LogP) is 4.08. The molecule has 1 aliphatic heterocycles. The zero-order chi connectivity index (χ0) is 18.6. The first kappa shape index (κ1) is 18.7. The maximum absolute atomic E-state index is 12.6. The molecule has 0 aliphatic carbocycles. The second-order valence-electron chi connectivity index (χ2n) is 7.79. The lowest BCUT2D eigenvalue weighted by Crippen LogP contribution is -2.47. The van der Waals surface area contributed by atoms with Gasteiger partial charge in [0.15, 0.2) is 0 Å². The van der Waals surface area contributed by atoms with E-state index in [1.165, 1.54) is 16.7 Å². The number of benzene rings is 2. The van der Waals surface area contributed by atoms with Crippen LogP contribution in [0, 0.1) is 6.92 Å². The Morgan fingerprint density at radius 3 is 2.46 bits per heavy atom. The molecule has 1 atom stereocenters. The van der Waals surface area contributed by atoms with E-state index >= 15 is 0 Å². The third-order valence-electron chi connectivity index (χ3n) is 5.51. The summed E-state index contributed by atoms with van der Waals surface area (Å²) >= 11 is 0. The minimum Gasteiger partial charge on any atom is -0.389 e. The van der Waals surface area contributed by atoms with Crippen LogP contribution in [-0.2, 0) is 11.2 Å². The molecule has 2 aromatic rings. The maximum atomic E-state index is 12.6. The monoisotopic (exact) mass is 351 g/mol. The molecule has 1 heterocycles. The van der Waals surface area contributed by atoms with E-state index < -0.39 is 5.60 Å². The van der Waals surface area contributed by atoms with E-state index in [1.54, 1.807) is 0 Å². The van der Waals surface area contributed by atoms with Gasteiger partial charge in [-0.2, -0.15) is 0 Å². The number of carbonyl (C=O) groups excluding carboxylic acids is 1. The number of amides is 1. The van der Waals surface area contributed by atoms with E-state index in [0.717, 1.165) is 0 Å². The fourth-order valence-corrected chi connectivity index (χ4v) is 3.84. The largest absolute Gasteiger partial charge is 0.389 e. The van der Waals surface area contributed by atoms with E-state index in [0.29, 0.717) is 38.8 Å². The van der Waals surface area contributed by atoms with Crippen LogP contribution in [0.5, 0.6) is 0 Å². The van der Waals surface area contributed by atoms with Crippen LogP contribution in [-0.4, -0.2) is 34.6 Å². The Kier molecular flexibility index (Phi) is 5.77. The number of hydrogen-bond acceptors (Lipinski definition) is 2. The molecule has 1 fully saturated rings. The number of carbonyl (C=O) groups is 1. The average molecular weight is 351 g/mol. The Labute approximate surface area is 156 Å². The fraction of sp³-hybridized carbons (Fsp3) is 0.435. The highest BCUT2D eigenvalue weighted by Crippen LogP contribution is 2.28. The van der Waals surface area contributed by atoms with Gasteiger partial charge >= 0.3 is 0 Å². The van der Waals surface area contributed by atoms with Crippen LogP contribution >= 0.6 is 0 Å². The molecule has 1 amide bonds. The van der Waals surface area contributed by atoms with E-state index in [2.05, 4.69) is 44.2 Å². The van der Waals surface area contributed by atoms with Crippen LogP contribution in [0.25, 0.3) is 0 Å². The van der Waals surface area contributed by atoms with Gasteiger partial charge in [0.05, 0.1) is 5.60 Å². The first-order valence-electron chi connectivity index (χ1n) is 9.56. The standard InChI is InChI=1S/C23H29NO2/c1-18-7-6-8-20(15-18)17-23(26)11-13-24(14-12-23)22(25)16-19(2)21-9-4-3-5-10-21/h3-10,15,19,26H,11-14,16-17H2,1-2H3/t19-/m1/s1. The van der Waals surface area contributed by atoms with Crippen LogP contribution in [0.2, 0.25) is 0 Å². The smallest absolute Gasteiger partial charge is 0.223 e. The molecule has 0 bridgehead atoms. The third kappa shape index (κ3) is 4.73. The summed E-state index contributed by atoms with van der Waals surface area (Å²) in [6.07, 6.45) is 2.48. The number of hydrogen-bond donors (Lipinski definition) is 1. The minimum absolute atomic E-state index is 0.193. The van der Waals surface area contributed by atoms with Gasteiger partial charge in [-0.3, -0.25) is 4.79 Å². The van der Waals surface area contributed by atoms with Crippen molar-refractivity contribution in [3.05, 3.63) is 71.3 Å². The third-order valence-corrected chi connectivity index (χ3v) is 5.51. The second-order valence-corrected chi connectivity index (χ2v) is 7.79. The average Bonchev–Trinajstić information content (AvgIpc) is 2.62. The Morgan fingerprint density at radius 1 is 1.12 bits per heavy atom. The molecule has 26 heavy (non-hydrogen) atoms. The molecular formula is C23H29NO2. The van der Waals surface area contributed by atoms with Crippen LogP contribution in [0.1, 0.15) is 48.8 Å². The van der Waals surface area contributed by atoms with Gasteiger partial charge in [-0.1, -0.05) is 67.1 Å². The van der Waals surface area contributed by atoms with Gasteiger partial charge in [-0.25, -0.2) is 0 Å². The minimum atomic E-state index is -0.699. The summed E-state index contributed by atoms with van der Waals surface area (Å²) in [7, 11) is 0. The van der Waals surface area contributed by atoms with Gasteiger partial charge in [0.25, 0.3) is 0 Å². The molecule has 3 rings (SSSR count). The predicted molar refractivity (Wildman–Crippen MR) is 105 cm³/mol. The van der Waals surface area contributed by atoms with Crippen LogP contribution in [0.4, 0.5) is 0 Å². The van der Waals surface area contributed by atoms with Crippen molar-refractivity contribution in [1.82, 2.24) is 4.90 Å². The summed E-state index contributed by atoms with van der Waals surface area (Å²) < 4.78 is 0. The number of nitrogens with zero attached hydrogens (tertiary/aromatic N) is 1. The van der Waals surface area contributed by atoms with Crippen molar-refractivity contribution in [3.63, 3.8) is 0 Å². The SMILES string of the molecule is Cc1cccc(CC2(O)CCN(C(=O)C[C@@H](C)c3ccccc3)CC2)c1. The summed E-state index contributed by atoms with van der Waals surface area (Å²) in [6.45, 7) is 5.46. The highest BCUT2D eigenvalue weighted by atomic mass is 16.3. The first-order chi connectivity index (χ1) is 12.5. The van der Waals surface area contributed by atoms with Gasteiger partial charge in [-0.15, -0.1) is 0 Å². The molecule has 3 heteroatoms. The van der Waals surface area contributed by atoms with Crippen molar-refractivity contribution in [3.8, 4) is 0 Å². The van der Waals surface area contributed by atoms with Crippen LogP contribution in [0.15, 0.2) is 54.6 Å². The summed E-state index contributed by atoms with van der Waals surface area (Å²) in [5, 5.41) is 10.9. The topological polar surface area (TPSA) is 40.5 Å². The summed E-state index contributed by atoms with van der Waals surface area (Å²) in [5.74, 6) is 0.413. The van der Waals surface area contributed by atoms with Gasteiger partial charge in [-0.05, 0) is 36.8 Å². The zero-order valence-electron chi connectivity index (χ0n) is 15.8. The molecule has 0 saturated carbocycles. The van der Waals surface area contributed by atoms with Gasteiger partial charge < -0.3 is 10.0 Å². The molecular weight excluding hydrogens is 322 g/mol. The normalized spacial score (nSPS) is 17.7. The Balaban J connectivity index is 1.53. The number of rotatable bonds is 5. The first-order valence-corrected chi connectivity index (χ1v) is 9.56. The van der Waals surface area contributed by atoms with E-state index in [9.17, 15) is 9.90 Å². The lowest BCUT2D eigenvalue weighted by atomic mass is 9.84. The Morgan fingerprint density at radius 2 is 1.81 bits per heavy atom. The number of aryl methyl sites for hydroxylation is 1. The van der Waals surface area contributed by atoms with E-state index in [4.69, 9.17) is 0 Å². The Bertz CT molecular complexity index is 733. The van der Waals surface area contributed by atoms with Gasteiger partial charge in [0.2, 0.25) is 5.91 Å². The van der Waals surface area contributed by atoms with Crippen molar-refractivity contribution in [1.29, 1.82) is 0 Å². The maximum Gasteiger partial charge on any atom is 0.223 e. The van der Waals surface area contributed by atoms with Crippen molar-refractivity contribution < 1.29 is 9.90 Å².